The average molecular weight is 198 g/mol. The first kappa shape index (κ1) is 11.4. The van der Waals surface area contributed by atoms with E-state index in [9.17, 15) is 9.90 Å². The van der Waals surface area contributed by atoms with Crippen molar-refractivity contribution in [3.05, 3.63) is 12.2 Å². The fraction of sp³-hybridized carbons (Fsp3) is 0.727. The summed E-state index contributed by atoms with van der Waals surface area (Å²) in [4.78, 5) is 10.9. The van der Waals surface area contributed by atoms with Crippen LogP contribution in [0.2, 0.25) is 0 Å². The molecule has 3 nitrogen and oxygen atoms in total. The lowest BCUT2D eigenvalue weighted by molar-refractivity contribution is -0.116. The maximum absolute atomic E-state index is 10.9. The van der Waals surface area contributed by atoms with Crippen LogP contribution in [-0.2, 0) is 9.53 Å². The van der Waals surface area contributed by atoms with E-state index in [1.807, 2.05) is 6.92 Å². The fourth-order valence-electron chi connectivity index (χ4n) is 1.62. The summed E-state index contributed by atoms with van der Waals surface area (Å²) in [7, 11) is 0. The van der Waals surface area contributed by atoms with Gasteiger partial charge in [-0.2, -0.15) is 0 Å². The smallest absolute Gasteiger partial charge is 0.158 e. The van der Waals surface area contributed by atoms with Gasteiger partial charge in [-0.1, -0.05) is 0 Å². The quantitative estimate of drug-likeness (QED) is 0.657. The lowest BCUT2D eigenvalue weighted by Crippen LogP contribution is -2.24. The number of carbonyl (C=O) groups is 1. The number of hydrogen-bond acceptors (Lipinski definition) is 3. The van der Waals surface area contributed by atoms with Gasteiger partial charge >= 0.3 is 0 Å². The van der Waals surface area contributed by atoms with E-state index in [0.29, 0.717) is 6.42 Å². The number of ketones is 1. The zero-order chi connectivity index (χ0) is 10.4. The summed E-state index contributed by atoms with van der Waals surface area (Å²) in [5.41, 5.74) is -0.872. The minimum absolute atomic E-state index is 0.0253. The fourth-order valence-corrected chi connectivity index (χ4v) is 1.62. The van der Waals surface area contributed by atoms with E-state index in [0.717, 1.165) is 26.1 Å². The van der Waals surface area contributed by atoms with Gasteiger partial charge in [0, 0.05) is 19.6 Å². The molecule has 1 N–H and O–H groups in total. The van der Waals surface area contributed by atoms with Gasteiger partial charge < -0.3 is 9.84 Å². The van der Waals surface area contributed by atoms with E-state index in [4.69, 9.17) is 4.74 Å². The third-order valence-electron chi connectivity index (χ3n) is 2.41. The van der Waals surface area contributed by atoms with Gasteiger partial charge in [0.2, 0.25) is 0 Å². The van der Waals surface area contributed by atoms with Crippen LogP contribution in [0, 0.1) is 0 Å². The Morgan fingerprint density at radius 3 is 2.93 bits per heavy atom. The monoisotopic (exact) mass is 198 g/mol. The van der Waals surface area contributed by atoms with Crippen molar-refractivity contribution in [3.63, 3.8) is 0 Å². The van der Waals surface area contributed by atoms with Gasteiger partial charge in [-0.3, -0.25) is 4.79 Å². The predicted molar refractivity (Wildman–Crippen MR) is 54.1 cm³/mol. The Morgan fingerprint density at radius 2 is 2.36 bits per heavy atom. The first-order valence-electron chi connectivity index (χ1n) is 5.18. The van der Waals surface area contributed by atoms with E-state index in [1.165, 1.54) is 6.08 Å². The predicted octanol–water partition coefficient (Wildman–Crippen LogP) is 1.45. The molecule has 0 spiro atoms. The molecule has 14 heavy (non-hydrogen) atoms. The zero-order valence-electron chi connectivity index (χ0n) is 8.66. The normalized spacial score (nSPS) is 26.0. The largest absolute Gasteiger partial charge is 0.385 e. The number of ether oxygens (including phenoxy) is 1. The van der Waals surface area contributed by atoms with Crippen molar-refractivity contribution in [1.29, 1.82) is 0 Å². The van der Waals surface area contributed by atoms with Crippen molar-refractivity contribution in [2.24, 2.45) is 0 Å². The van der Waals surface area contributed by atoms with Crippen LogP contribution in [0.5, 0.6) is 0 Å². The molecule has 3 heteroatoms. The highest BCUT2D eigenvalue weighted by atomic mass is 16.5. The topological polar surface area (TPSA) is 46.5 Å². The van der Waals surface area contributed by atoms with E-state index in [1.54, 1.807) is 6.08 Å². The second-order valence-corrected chi connectivity index (χ2v) is 3.73. The van der Waals surface area contributed by atoms with E-state index < -0.39 is 5.60 Å². The van der Waals surface area contributed by atoms with Crippen LogP contribution in [0.4, 0.5) is 0 Å². The van der Waals surface area contributed by atoms with Crippen LogP contribution in [0.15, 0.2) is 12.2 Å². The first-order valence-corrected chi connectivity index (χ1v) is 5.18. The minimum atomic E-state index is -0.872. The van der Waals surface area contributed by atoms with Crippen molar-refractivity contribution in [2.75, 3.05) is 13.2 Å². The third kappa shape index (κ3) is 3.60. The lowest BCUT2D eigenvalue weighted by Gasteiger charge is -2.18. The molecule has 0 aromatic carbocycles. The molecule has 0 aliphatic heterocycles. The summed E-state index contributed by atoms with van der Waals surface area (Å²) in [5, 5.41) is 9.87. The standard InChI is InChI=1S/C11H18O3/c1-2-14-8-4-3-6-11(13)7-5-10(12)9-11/h5,7,13H,2-4,6,8-9H2,1H3. The molecule has 0 bridgehead atoms. The highest BCUT2D eigenvalue weighted by molar-refractivity contribution is 5.93. The molecule has 0 heterocycles. The van der Waals surface area contributed by atoms with Crippen molar-refractivity contribution in [1.82, 2.24) is 0 Å². The van der Waals surface area contributed by atoms with Gasteiger partial charge in [0.15, 0.2) is 5.78 Å². The van der Waals surface area contributed by atoms with Gasteiger partial charge in [-0.25, -0.2) is 0 Å². The molecule has 0 saturated carbocycles. The molecular weight excluding hydrogens is 180 g/mol. The summed E-state index contributed by atoms with van der Waals surface area (Å²) in [6.07, 6.45) is 5.84. The summed E-state index contributed by atoms with van der Waals surface area (Å²) in [5.74, 6) is 0.0253. The molecule has 0 aromatic rings. The van der Waals surface area contributed by atoms with Gasteiger partial charge in [-0.05, 0) is 38.3 Å². The van der Waals surface area contributed by atoms with E-state index in [-0.39, 0.29) is 12.2 Å². The van der Waals surface area contributed by atoms with Crippen molar-refractivity contribution >= 4 is 5.78 Å². The molecule has 0 aromatic heterocycles. The molecule has 0 amide bonds. The van der Waals surface area contributed by atoms with Crippen LogP contribution in [0.3, 0.4) is 0 Å². The molecule has 0 fully saturated rings. The summed E-state index contributed by atoms with van der Waals surface area (Å²) >= 11 is 0. The van der Waals surface area contributed by atoms with Crippen LogP contribution in [0.1, 0.15) is 32.6 Å². The number of unbranched alkanes of at least 4 members (excludes halogenated alkanes) is 1. The third-order valence-corrected chi connectivity index (χ3v) is 2.41. The first-order chi connectivity index (χ1) is 6.66. The van der Waals surface area contributed by atoms with Crippen LogP contribution in [-0.4, -0.2) is 29.7 Å². The van der Waals surface area contributed by atoms with Gasteiger partial charge in [0.1, 0.15) is 0 Å². The van der Waals surface area contributed by atoms with Gasteiger partial charge in [-0.15, -0.1) is 0 Å². The molecule has 1 unspecified atom stereocenters. The van der Waals surface area contributed by atoms with Crippen molar-refractivity contribution < 1.29 is 14.6 Å². The Kier molecular flexibility index (Phi) is 4.29. The van der Waals surface area contributed by atoms with Crippen LogP contribution >= 0.6 is 0 Å². The number of hydrogen-bond donors (Lipinski definition) is 1. The van der Waals surface area contributed by atoms with Crippen LogP contribution < -0.4 is 0 Å². The summed E-state index contributed by atoms with van der Waals surface area (Å²) in [6.45, 7) is 3.44. The zero-order valence-corrected chi connectivity index (χ0v) is 8.66. The van der Waals surface area contributed by atoms with Crippen molar-refractivity contribution in [3.8, 4) is 0 Å². The number of carbonyl (C=O) groups excluding carboxylic acids is 1. The average Bonchev–Trinajstić information content (AvgIpc) is 2.47. The maximum atomic E-state index is 10.9. The highest BCUT2D eigenvalue weighted by Gasteiger charge is 2.30. The Morgan fingerprint density at radius 1 is 1.57 bits per heavy atom. The van der Waals surface area contributed by atoms with E-state index >= 15 is 0 Å². The summed E-state index contributed by atoms with van der Waals surface area (Å²) < 4.78 is 5.19. The molecule has 1 rings (SSSR count). The minimum Gasteiger partial charge on any atom is -0.385 e. The van der Waals surface area contributed by atoms with Gasteiger partial charge in [0.25, 0.3) is 0 Å². The second kappa shape index (κ2) is 5.27. The van der Waals surface area contributed by atoms with E-state index in [2.05, 4.69) is 0 Å². The Bertz CT molecular complexity index is 223. The summed E-state index contributed by atoms with van der Waals surface area (Å²) in [6, 6.07) is 0. The number of allylic oxidation sites excluding steroid dienone is 1. The second-order valence-electron chi connectivity index (χ2n) is 3.73. The SMILES string of the molecule is CCOCCCCC1(O)C=CC(=O)C1. The molecule has 1 atom stereocenters. The molecule has 0 saturated heterocycles. The molecule has 1 aliphatic carbocycles. The molecule has 0 radical (unpaired) electrons. The van der Waals surface area contributed by atoms with Gasteiger partial charge in [0.05, 0.1) is 5.60 Å². The number of rotatable bonds is 6. The van der Waals surface area contributed by atoms with Crippen LogP contribution in [0.25, 0.3) is 0 Å². The Hall–Kier alpha value is -0.670. The lowest BCUT2D eigenvalue weighted by atomic mass is 9.96. The molecule has 80 valence electrons. The molecular formula is C11H18O3. The number of aliphatic hydroxyl groups is 1. The van der Waals surface area contributed by atoms with Crippen molar-refractivity contribution in [2.45, 2.75) is 38.2 Å². The highest BCUT2D eigenvalue weighted by Crippen LogP contribution is 2.25. The molecule has 1 aliphatic rings. The Labute approximate surface area is 84.8 Å². The maximum Gasteiger partial charge on any atom is 0.158 e. The Balaban J connectivity index is 2.12.